The van der Waals surface area contributed by atoms with Crippen molar-refractivity contribution in [2.75, 3.05) is 25.0 Å². The molecule has 0 aliphatic carbocycles. The lowest BCUT2D eigenvalue weighted by atomic mass is 10.1. The Labute approximate surface area is 159 Å². The maximum Gasteiger partial charge on any atom is 0.412 e. The van der Waals surface area contributed by atoms with Gasteiger partial charge in [0.1, 0.15) is 18.0 Å². The maximum atomic E-state index is 12.1. The molecule has 7 heteroatoms. The molecule has 1 aliphatic rings. The largest absolute Gasteiger partial charge is 0.444 e. The summed E-state index contributed by atoms with van der Waals surface area (Å²) in [5.74, 6) is 0. The van der Waals surface area contributed by atoms with Crippen LogP contribution in [-0.4, -0.2) is 46.3 Å². The number of rotatable bonds is 4. The van der Waals surface area contributed by atoms with Crippen LogP contribution < -0.4 is 5.32 Å². The van der Waals surface area contributed by atoms with Crippen molar-refractivity contribution >= 4 is 11.8 Å². The topological polar surface area (TPSA) is 76.6 Å². The van der Waals surface area contributed by atoms with Crippen LogP contribution >= 0.6 is 0 Å². The number of amides is 1. The molecule has 27 heavy (non-hydrogen) atoms. The van der Waals surface area contributed by atoms with Crippen LogP contribution in [0, 0.1) is 0 Å². The number of anilines is 1. The van der Waals surface area contributed by atoms with E-state index in [2.05, 4.69) is 32.3 Å². The molecule has 1 amide bonds. The van der Waals surface area contributed by atoms with Gasteiger partial charge in [-0.2, -0.15) is 0 Å². The second-order valence-corrected chi connectivity index (χ2v) is 7.53. The fraction of sp³-hybridized carbons (Fsp3) is 0.450. The molecule has 0 bridgehead atoms. The molecule has 3 rings (SSSR count). The monoisotopic (exact) mass is 370 g/mol. The summed E-state index contributed by atoms with van der Waals surface area (Å²) in [7, 11) is 0. The van der Waals surface area contributed by atoms with Crippen LogP contribution in [0.1, 0.15) is 38.1 Å². The van der Waals surface area contributed by atoms with E-state index in [-0.39, 0.29) is 6.10 Å². The number of morpholine rings is 1. The first kappa shape index (κ1) is 19.3. The van der Waals surface area contributed by atoms with Crippen molar-refractivity contribution in [3.63, 3.8) is 0 Å². The van der Waals surface area contributed by atoms with Crippen LogP contribution in [0.3, 0.4) is 0 Å². The molecule has 0 unspecified atom stereocenters. The number of benzene rings is 1. The number of nitrogens with zero attached hydrogens (tertiary/aromatic N) is 3. The van der Waals surface area contributed by atoms with Gasteiger partial charge in [0.25, 0.3) is 0 Å². The highest BCUT2D eigenvalue weighted by Gasteiger charge is 2.27. The van der Waals surface area contributed by atoms with Crippen molar-refractivity contribution in [1.82, 2.24) is 14.9 Å². The number of aromatic nitrogens is 2. The van der Waals surface area contributed by atoms with Crippen LogP contribution in [0.15, 0.2) is 42.9 Å². The lowest BCUT2D eigenvalue weighted by Gasteiger charge is -2.33. The summed E-state index contributed by atoms with van der Waals surface area (Å²) in [5.41, 5.74) is 1.85. The minimum Gasteiger partial charge on any atom is -0.444 e. The molecule has 0 spiro atoms. The van der Waals surface area contributed by atoms with Gasteiger partial charge < -0.3 is 9.47 Å². The Hall–Kier alpha value is -2.51. The van der Waals surface area contributed by atoms with Crippen molar-refractivity contribution in [2.24, 2.45) is 0 Å². The van der Waals surface area contributed by atoms with E-state index < -0.39 is 11.7 Å². The molecule has 2 aromatic rings. The molecule has 1 aliphatic heterocycles. The van der Waals surface area contributed by atoms with Crippen molar-refractivity contribution < 1.29 is 14.3 Å². The molecule has 1 fully saturated rings. The number of carbonyl (C=O) groups is 1. The van der Waals surface area contributed by atoms with E-state index in [4.69, 9.17) is 9.47 Å². The highest BCUT2D eigenvalue weighted by Crippen LogP contribution is 2.27. The third-order valence-electron chi connectivity index (χ3n) is 4.08. The van der Waals surface area contributed by atoms with Gasteiger partial charge >= 0.3 is 6.09 Å². The lowest BCUT2D eigenvalue weighted by Crippen LogP contribution is -2.38. The smallest absolute Gasteiger partial charge is 0.412 e. The number of nitrogens with one attached hydrogen (secondary N) is 1. The van der Waals surface area contributed by atoms with Gasteiger partial charge in [0, 0.05) is 19.6 Å². The molecule has 0 saturated carbocycles. The summed E-state index contributed by atoms with van der Waals surface area (Å²) in [5, 5.41) is 2.74. The van der Waals surface area contributed by atoms with Gasteiger partial charge in [-0.3, -0.25) is 10.2 Å². The van der Waals surface area contributed by atoms with Crippen molar-refractivity contribution in [1.29, 1.82) is 0 Å². The standard InChI is InChI=1S/C20H26N4O3/c1-20(2,3)27-19(25)23-16-11-21-14-22-18(16)17-13-24(9-10-26-17)12-15-7-5-4-6-8-15/h4-8,11,14,17H,9-10,12-13H2,1-3H3,(H,23,25)/t17-/m0/s1. The molecule has 1 N–H and O–H groups in total. The second kappa shape index (κ2) is 8.45. The Balaban J connectivity index is 1.69. The zero-order valence-corrected chi connectivity index (χ0v) is 16.0. The number of hydrogen-bond donors (Lipinski definition) is 1. The second-order valence-electron chi connectivity index (χ2n) is 7.53. The maximum absolute atomic E-state index is 12.1. The van der Waals surface area contributed by atoms with Gasteiger partial charge in [-0.1, -0.05) is 30.3 Å². The lowest BCUT2D eigenvalue weighted by molar-refractivity contribution is -0.0346. The van der Waals surface area contributed by atoms with E-state index in [9.17, 15) is 4.79 Å². The van der Waals surface area contributed by atoms with E-state index in [0.717, 1.165) is 13.1 Å². The van der Waals surface area contributed by atoms with Crippen LogP contribution in [0.5, 0.6) is 0 Å². The quantitative estimate of drug-likeness (QED) is 0.889. The van der Waals surface area contributed by atoms with Crippen LogP contribution in [0.4, 0.5) is 10.5 Å². The number of ether oxygens (including phenoxy) is 2. The van der Waals surface area contributed by atoms with Gasteiger partial charge in [0.15, 0.2) is 0 Å². The number of hydrogen-bond acceptors (Lipinski definition) is 6. The zero-order valence-electron chi connectivity index (χ0n) is 16.0. The Morgan fingerprint density at radius 2 is 2.11 bits per heavy atom. The Kier molecular flexibility index (Phi) is 6.03. The molecular weight excluding hydrogens is 344 g/mol. The Bertz CT molecular complexity index is 761. The normalized spacial score (nSPS) is 18.1. The Morgan fingerprint density at radius 3 is 2.85 bits per heavy atom. The van der Waals surface area contributed by atoms with Gasteiger partial charge in [-0.15, -0.1) is 0 Å². The van der Waals surface area contributed by atoms with Crippen molar-refractivity contribution in [3.05, 3.63) is 54.1 Å². The minimum atomic E-state index is -0.576. The summed E-state index contributed by atoms with van der Waals surface area (Å²) in [6, 6.07) is 10.3. The summed E-state index contributed by atoms with van der Waals surface area (Å²) in [6.07, 6.45) is 2.27. The van der Waals surface area contributed by atoms with Crippen LogP contribution in [-0.2, 0) is 16.0 Å². The van der Waals surface area contributed by atoms with Gasteiger partial charge in [-0.25, -0.2) is 14.8 Å². The average Bonchev–Trinajstić information content (AvgIpc) is 2.62. The molecule has 0 radical (unpaired) electrons. The van der Waals surface area contributed by atoms with Crippen LogP contribution in [0.2, 0.25) is 0 Å². The van der Waals surface area contributed by atoms with Crippen molar-refractivity contribution in [2.45, 2.75) is 39.0 Å². The molecule has 1 aromatic heterocycles. The fourth-order valence-electron chi connectivity index (χ4n) is 2.96. The summed E-state index contributed by atoms with van der Waals surface area (Å²) in [4.78, 5) is 22.8. The summed E-state index contributed by atoms with van der Waals surface area (Å²) >= 11 is 0. The predicted molar refractivity (Wildman–Crippen MR) is 102 cm³/mol. The highest BCUT2D eigenvalue weighted by atomic mass is 16.6. The first-order chi connectivity index (χ1) is 12.9. The van der Waals surface area contributed by atoms with Gasteiger partial charge in [0.05, 0.1) is 24.2 Å². The SMILES string of the molecule is CC(C)(C)OC(=O)Nc1cncnc1[C@@H]1CN(Cc2ccccc2)CCO1. The fourth-order valence-corrected chi connectivity index (χ4v) is 2.96. The summed E-state index contributed by atoms with van der Waals surface area (Å²) in [6.45, 7) is 8.45. The first-order valence-corrected chi connectivity index (χ1v) is 9.08. The minimum absolute atomic E-state index is 0.240. The van der Waals surface area contributed by atoms with E-state index in [1.54, 1.807) is 6.20 Å². The van der Waals surface area contributed by atoms with Gasteiger partial charge in [0.2, 0.25) is 0 Å². The molecule has 1 aromatic carbocycles. The van der Waals surface area contributed by atoms with Crippen molar-refractivity contribution in [3.8, 4) is 0 Å². The average molecular weight is 370 g/mol. The molecule has 7 nitrogen and oxygen atoms in total. The summed E-state index contributed by atoms with van der Waals surface area (Å²) < 4.78 is 11.3. The molecule has 1 saturated heterocycles. The molecule has 2 heterocycles. The highest BCUT2D eigenvalue weighted by molar-refractivity contribution is 5.85. The van der Waals surface area contributed by atoms with Gasteiger partial charge in [-0.05, 0) is 26.3 Å². The molecular formula is C20H26N4O3. The Morgan fingerprint density at radius 1 is 1.33 bits per heavy atom. The predicted octanol–water partition coefficient (Wildman–Crippen LogP) is 3.40. The van der Waals surface area contributed by atoms with Crippen LogP contribution in [0.25, 0.3) is 0 Å². The van der Waals surface area contributed by atoms with E-state index in [1.807, 2.05) is 39.0 Å². The van der Waals surface area contributed by atoms with E-state index in [0.29, 0.717) is 24.5 Å². The third-order valence-corrected chi connectivity index (χ3v) is 4.08. The number of carbonyl (C=O) groups excluding carboxylic acids is 1. The first-order valence-electron chi connectivity index (χ1n) is 9.08. The zero-order chi connectivity index (χ0) is 19.3. The van der Waals surface area contributed by atoms with E-state index in [1.165, 1.54) is 11.9 Å². The third kappa shape index (κ3) is 5.74. The molecule has 144 valence electrons. The molecule has 1 atom stereocenters. The van der Waals surface area contributed by atoms with E-state index >= 15 is 0 Å².